The molecule has 0 bridgehead atoms. The molecule has 0 radical (unpaired) electrons. The quantitative estimate of drug-likeness (QED) is 0.364. The number of ether oxygens (including phenoxy) is 4. The number of aryl methyl sites for hydroxylation is 2. The largest absolute Gasteiger partial charge is 0.533 e. The Morgan fingerprint density at radius 2 is 0.971 bits per heavy atom. The van der Waals surface area contributed by atoms with E-state index in [0.717, 1.165) is 24.0 Å². The highest BCUT2D eigenvalue weighted by molar-refractivity contribution is 7.69. The highest BCUT2D eigenvalue weighted by Gasteiger charge is 2.50. The maximum atomic E-state index is 12.0. The van der Waals surface area contributed by atoms with Crippen molar-refractivity contribution in [2.75, 3.05) is 28.4 Å². The Labute approximate surface area is 201 Å². The van der Waals surface area contributed by atoms with Crippen LogP contribution in [0, 0.1) is 0 Å². The van der Waals surface area contributed by atoms with E-state index in [-0.39, 0.29) is 11.5 Å². The number of benzene rings is 3. The van der Waals surface area contributed by atoms with Gasteiger partial charge in [-0.05, 0) is 60.4 Å². The van der Waals surface area contributed by atoms with E-state index in [0.29, 0.717) is 28.3 Å². The van der Waals surface area contributed by atoms with Gasteiger partial charge in [-0.15, -0.1) is 0 Å². The van der Waals surface area contributed by atoms with Crippen molar-refractivity contribution in [1.82, 2.24) is 0 Å². The highest BCUT2D eigenvalue weighted by Crippen LogP contribution is 2.61. The minimum absolute atomic E-state index is 0.241. The van der Waals surface area contributed by atoms with Crippen LogP contribution < -0.4 is 33.3 Å². The minimum Gasteiger partial charge on any atom is -0.492 e. The topological polar surface area (TPSA) is 75.6 Å². The molecule has 0 atom stereocenters. The molecule has 3 aromatic rings. The fourth-order valence-corrected chi connectivity index (χ4v) is 5.10. The van der Waals surface area contributed by atoms with Gasteiger partial charge in [0.25, 0.3) is 11.5 Å². The Balaban J connectivity index is 2.18. The van der Waals surface area contributed by atoms with Crippen molar-refractivity contribution in [2.24, 2.45) is 0 Å². The smallest absolute Gasteiger partial charge is 0.492 e. The number of hydrogen-bond donors (Lipinski definition) is 1. The molecule has 3 rings (SSSR count). The van der Waals surface area contributed by atoms with Crippen molar-refractivity contribution in [1.29, 1.82) is 0 Å². The second-order valence-electron chi connectivity index (χ2n) is 7.40. The molecule has 0 unspecified atom stereocenters. The van der Waals surface area contributed by atoms with E-state index in [1.54, 1.807) is 24.3 Å². The molecule has 0 saturated carbocycles. The summed E-state index contributed by atoms with van der Waals surface area (Å²) in [7, 11) is 2.36. The van der Waals surface area contributed by atoms with E-state index in [9.17, 15) is 4.89 Å². The molecule has 0 fully saturated rings. The second kappa shape index (κ2) is 11.3. The fraction of sp³-hybridized carbons (Fsp3) is 0.308. The molecular weight excluding hydrogens is 455 g/mol. The summed E-state index contributed by atoms with van der Waals surface area (Å²) in [5, 5.41) is 0.461. The van der Waals surface area contributed by atoms with Crippen molar-refractivity contribution in [3.8, 4) is 34.5 Å². The van der Waals surface area contributed by atoms with Crippen LogP contribution in [0.5, 0.6) is 34.5 Å². The van der Waals surface area contributed by atoms with Gasteiger partial charge in [0.1, 0.15) is 0 Å². The zero-order valence-electron chi connectivity index (χ0n) is 20.5. The molecule has 0 aliphatic heterocycles. The van der Waals surface area contributed by atoms with Crippen LogP contribution >= 0.6 is 7.94 Å². The van der Waals surface area contributed by atoms with Gasteiger partial charge in [0.2, 0.25) is 5.30 Å². The summed E-state index contributed by atoms with van der Waals surface area (Å²) in [4.78, 5) is 12.0. The van der Waals surface area contributed by atoms with Gasteiger partial charge in [0, 0.05) is 0 Å². The number of hydrogen-bond acceptors (Lipinski definition) is 7. The van der Waals surface area contributed by atoms with Crippen molar-refractivity contribution in [2.45, 2.75) is 26.7 Å². The van der Waals surface area contributed by atoms with E-state index in [2.05, 4.69) is 0 Å². The number of methoxy groups -OCH3 is 4. The lowest BCUT2D eigenvalue weighted by Crippen LogP contribution is -2.22. The van der Waals surface area contributed by atoms with Crippen LogP contribution in [0.3, 0.4) is 0 Å². The van der Waals surface area contributed by atoms with Crippen molar-refractivity contribution >= 4 is 13.2 Å². The lowest BCUT2D eigenvalue weighted by molar-refractivity contribution is 0.306. The molecule has 0 heterocycles. The van der Waals surface area contributed by atoms with Gasteiger partial charge in [-0.25, -0.2) is 0 Å². The summed E-state index contributed by atoms with van der Waals surface area (Å²) in [5.74, 6) is 2.18. The Morgan fingerprint density at radius 1 is 0.618 bits per heavy atom. The van der Waals surface area contributed by atoms with E-state index in [1.807, 2.05) is 44.2 Å². The van der Waals surface area contributed by atoms with E-state index >= 15 is 0 Å². The SMILES string of the molecule is CCc1cc(OC)c(O[P+](O)(Oc2c(OC)cc(CC)cc2OC)c2ccccc2)c(OC)c1. The van der Waals surface area contributed by atoms with E-state index in [1.165, 1.54) is 28.4 Å². The van der Waals surface area contributed by atoms with E-state index in [4.69, 9.17) is 28.0 Å². The molecule has 8 heteroatoms. The van der Waals surface area contributed by atoms with Crippen LogP contribution in [0.15, 0.2) is 54.6 Å². The summed E-state index contributed by atoms with van der Waals surface area (Å²) in [6, 6.07) is 16.3. The van der Waals surface area contributed by atoms with Crippen LogP contribution in [0.4, 0.5) is 0 Å². The van der Waals surface area contributed by atoms with Crippen LogP contribution in [-0.4, -0.2) is 33.3 Å². The van der Waals surface area contributed by atoms with Gasteiger partial charge >= 0.3 is 7.94 Å². The van der Waals surface area contributed by atoms with Crippen molar-refractivity contribution < 1.29 is 32.9 Å². The molecule has 0 aliphatic carbocycles. The molecule has 0 amide bonds. The predicted octanol–water partition coefficient (Wildman–Crippen LogP) is 5.38. The lowest BCUT2D eigenvalue weighted by atomic mass is 10.1. The highest BCUT2D eigenvalue weighted by atomic mass is 31.2. The first-order valence-electron chi connectivity index (χ1n) is 11.0. The maximum Gasteiger partial charge on any atom is 0.533 e. The second-order valence-corrected chi connectivity index (χ2v) is 9.33. The van der Waals surface area contributed by atoms with Crippen LogP contribution in [-0.2, 0) is 12.8 Å². The molecule has 0 saturated heterocycles. The van der Waals surface area contributed by atoms with Gasteiger partial charge in [-0.1, -0.05) is 32.0 Å². The average molecular weight is 488 g/mol. The van der Waals surface area contributed by atoms with Crippen LogP contribution in [0.25, 0.3) is 0 Å². The fourth-order valence-electron chi connectivity index (χ4n) is 3.44. The first-order valence-corrected chi connectivity index (χ1v) is 12.6. The molecule has 7 nitrogen and oxygen atoms in total. The zero-order chi connectivity index (χ0) is 24.7. The third-order valence-corrected chi connectivity index (χ3v) is 7.18. The normalized spacial score (nSPS) is 11.0. The standard InChI is InChI=1S/C26H32O7P/c1-7-18-14-21(28-3)25(22(15-18)29-4)32-34(27,20-12-10-9-11-13-20)33-26-23(30-5)16-19(8-2)17-24(26)31-6/h9-17,27H,7-8H2,1-6H3/q+1. The monoisotopic (exact) mass is 487 g/mol. The van der Waals surface area contributed by atoms with Gasteiger partial charge in [0.05, 0.1) is 28.4 Å². The Morgan fingerprint density at radius 3 is 1.26 bits per heavy atom. The Hall–Kier alpha value is -3.15. The molecule has 3 aromatic carbocycles. The molecular formula is C26H32O7P+. The van der Waals surface area contributed by atoms with Crippen LogP contribution in [0.2, 0.25) is 0 Å². The molecule has 182 valence electrons. The predicted molar refractivity (Wildman–Crippen MR) is 134 cm³/mol. The van der Waals surface area contributed by atoms with Gasteiger partial charge in [0.15, 0.2) is 23.0 Å². The lowest BCUT2D eigenvalue weighted by Gasteiger charge is -2.22. The molecule has 0 aliphatic rings. The zero-order valence-corrected chi connectivity index (χ0v) is 21.3. The first kappa shape index (κ1) is 25.5. The summed E-state index contributed by atoms with van der Waals surface area (Å²) in [6.07, 6.45) is 1.56. The maximum absolute atomic E-state index is 12.0. The molecule has 1 N–H and O–H groups in total. The molecule has 0 aromatic heterocycles. The molecule has 0 spiro atoms. The van der Waals surface area contributed by atoms with Gasteiger partial charge in [-0.3, -0.25) is 9.05 Å². The third-order valence-electron chi connectivity index (χ3n) is 5.37. The van der Waals surface area contributed by atoms with E-state index < -0.39 is 7.94 Å². The third kappa shape index (κ3) is 5.32. The summed E-state index contributed by atoms with van der Waals surface area (Å²) < 4.78 is 34.9. The summed E-state index contributed by atoms with van der Waals surface area (Å²) in [5.41, 5.74) is 2.00. The summed E-state index contributed by atoms with van der Waals surface area (Å²) in [6.45, 7) is 4.06. The van der Waals surface area contributed by atoms with Crippen molar-refractivity contribution in [3.05, 3.63) is 65.7 Å². The molecule has 34 heavy (non-hydrogen) atoms. The average Bonchev–Trinajstić information content (AvgIpc) is 2.89. The summed E-state index contributed by atoms with van der Waals surface area (Å²) >= 11 is 0. The van der Waals surface area contributed by atoms with Gasteiger partial charge < -0.3 is 18.9 Å². The minimum atomic E-state index is -3.79. The van der Waals surface area contributed by atoms with Crippen molar-refractivity contribution in [3.63, 3.8) is 0 Å². The first-order chi connectivity index (χ1) is 16.4. The Kier molecular flexibility index (Phi) is 8.48. The Bertz CT molecular complexity index is 986. The van der Waals surface area contributed by atoms with Crippen LogP contribution in [0.1, 0.15) is 25.0 Å². The van der Waals surface area contributed by atoms with Gasteiger partial charge in [-0.2, -0.15) is 4.89 Å². The number of rotatable bonds is 11.